The van der Waals surface area contributed by atoms with E-state index in [1.807, 2.05) is 18.2 Å². The first-order chi connectivity index (χ1) is 7.27. The summed E-state index contributed by atoms with van der Waals surface area (Å²) in [5.41, 5.74) is 2.21. The van der Waals surface area contributed by atoms with E-state index in [0.29, 0.717) is 12.8 Å². The smallest absolute Gasteiger partial charge is 0.0799 e. The number of nitriles is 1. The zero-order valence-corrected chi connectivity index (χ0v) is 9.11. The molecule has 1 rings (SSSR count). The van der Waals surface area contributed by atoms with E-state index in [1.165, 1.54) is 5.56 Å². The Hall–Kier alpha value is -1.33. The van der Waals surface area contributed by atoms with Gasteiger partial charge in [-0.15, -0.1) is 0 Å². The van der Waals surface area contributed by atoms with E-state index in [0.717, 1.165) is 18.4 Å². The minimum atomic E-state index is -0.500. The molecule has 1 unspecified atom stereocenters. The van der Waals surface area contributed by atoms with Crippen LogP contribution in [0.15, 0.2) is 24.3 Å². The van der Waals surface area contributed by atoms with Crippen molar-refractivity contribution in [2.24, 2.45) is 0 Å². The molecule has 0 heterocycles. The number of aliphatic hydroxyl groups excluding tert-OH is 1. The third kappa shape index (κ3) is 3.73. The Morgan fingerprint density at radius 1 is 1.33 bits per heavy atom. The van der Waals surface area contributed by atoms with Gasteiger partial charge in [-0.3, -0.25) is 0 Å². The lowest BCUT2D eigenvalue weighted by molar-refractivity contribution is 0.169. The van der Waals surface area contributed by atoms with E-state index in [9.17, 15) is 5.11 Å². The van der Waals surface area contributed by atoms with Gasteiger partial charge in [-0.2, -0.15) is 5.26 Å². The van der Waals surface area contributed by atoms with Gasteiger partial charge in [0, 0.05) is 6.42 Å². The van der Waals surface area contributed by atoms with E-state index >= 15 is 0 Å². The standard InChI is InChI=1S/C13H17NO/c1-2-4-11-6-8-12(9-7-11)13(15)5-3-10-14/h6-9,13,15H,2-5H2,1H3. The first-order valence-corrected chi connectivity index (χ1v) is 5.41. The minimum absolute atomic E-state index is 0.401. The van der Waals surface area contributed by atoms with Crippen molar-refractivity contribution in [2.45, 2.75) is 38.7 Å². The van der Waals surface area contributed by atoms with Crippen molar-refractivity contribution in [3.05, 3.63) is 35.4 Å². The van der Waals surface area contributed by atoms with E-state index in [1.54, 1.807) is 0 Å². The van der Waals surface area contributed by atoms with Crippen LogP contribution < -0.4 is 0 Å². The second-order valence-electron chi connectivity index (χ2n) is 3.70. The summed E-state index contributed by atoms with van der Waals surface area (Å²) in [6, 6.07) is 10.0. The number of hydrogen-bond acceptors (Lipinski definition) is 2. The van der Waals surface area contributed by atoms with Crippen molar-refractivity contribution in [1.82, 2.24) is 0 Å². The molecule has 0 spiro atoms. The van der Waals surface area contributed by atoms with Gasteiger partial charge in [-0.25, -0.2) is 0 Å². The molecule has 15 heavy (non-hydrogen) atoms. The second-order valence-corrected chi connectivity index (χ2v) is 3.70. The van der Waals surface area contributed by atoms with Crippen molar-refractivity contribution in [3.8, 4) is 6.07 Å². The SMILES string of the molecule is CCCc1ccc(C(O)CCC#N)cc1. The maximum absolute atomic E-state index is 9.72. The average molecular weight is 203 g/mol. The van der Waals surface area contributed by atoms with E-state index in [2.05, 4.69) is 19.1 Å². The summed E-state index contributed by atoms with van der Waals surface area (Å²) in [5.74, 6) is 0. The van der Waals surface area contributed by atoms with Gasteiger partial charge in [-0.05, 0) is 24.0 Å². The Morgan fingerprint density at radius 3 is 2.53 bits per heavy atom. The zero-order valence-electron chi connectivity index (χ0n) is 9.11. The van der Waals surface area contributed by atoms with Gasteiger partial charge in [0.2, 0.25) is 0 Å². The fraction of sp³-hybridized carbons (Fsp3) is 0.462. The van der Waals surface area contributed by atoms with Crippen molar-refractivity contribution >= 4 is 0 Å². The molecule has 0 radical (unpaired) electrons. The highest BCUT2D eigenvalue weighted by atomic mass is 16.3. The quantitative estimate of drug-likeness (QED) is 0.799. The van der Waals surface area contributed by atoms with Gasteiger partial charge in [-0.1, -0.05) is 37.6 Å². The predicted molar refractivity (Wildman–Crippen MR) is 60.2 cm³/mol. The molecule has 80 valence electrons. The first-order valence-electron chi connectivity index (χ1n) is 5.41. The van der Waals surface area contributed by atoms with Crippen LogP contribution in [-0.2, 0) is 6.42 Å². The lowest BCUT2D eigenvalue weighted by Gasteiger charge is -2.09. The highest BCUT2D eigenvalue weighted by molar-refractivity contribution is 5.24. The number of aliphatic hydroxyl groups is 1. The molecule has 0 saturated heterocycles. The topological polar surface area (TPSA) is 44.0 Å². The van der Waals surface area contributed by atoms with Crippen LogP contribution in [-0.4, -0.2) is 5.11 Å². The van der Waals surface area contributed by atoms with Crippen LogP contribution in [0.3, 0.4) is 0 Å². The largest absolute Gasteiger partial charge is 0.388 e. The summed E-state index contributed by atoms with van der Waals surface area (Å²) >= 11 is 0. The Balaban J connectivity index is 2.59. The number of hydrogen-bond donors (Lipinski definition) is 1. The molecular weight excluding hydrogens is 186 g/mol. The van der Waals surface area contributed by atoms with Crippen LogP contribution in [0.25, 0.3) is 0 Å². The number of aryl methyl sites for hydroxylation is 1. The fourth-order valence-corrected chi connectivity index (χ4v) is 1.56. The van der Waals surface area contributed by atoms with Crippen LogP contribution in [0, 0.1) is 11.3 Å². The van der Waals surface area contributed by atoms with Gasteiger partial charge in [0.05, 0.1) is 12.2 Å². The Morgan fingerprint density at radius 2 is 2.00 bits per heavy atom. The molecule has 0 saturated carbocycles. The molecule has 0 fully saturated rings. The van der Waals surface area contributed by atoms with Gasteiger partial charge in [0.1, 0.15) is 0 Å². The molecule has 0 aliphatic heterocycles. The minimum Gasteiger partial charge on any atom is -0.388 e. The van der Waals surface area contributed by atoms with Crippen molar-refractivity contribution in [1.29, 1.82) is 5.26 Å². The van der Waals surface area contributed by atoms with Crippen LogP contribution in [0.4, 0.5) is 0 Å². The third-order valence-corrected chi connectivity index (χ3v) is 2.43. The normalized spacial score (nSPS) is 12.1. The Bertz CT molecular complexity index is 323. The summed E-state index contributed by atoms with van der Waals surface area (Å²) in [4.78, 5) is 0. The third-order valence-electron chi connectivity index (χ3n) is 2.43. The molecule has 2 nitrogen and oxygen atoms in total. The number of nitrogens with zero attached hydrogens (tertiary/aromatic N) is 1. The molecule has 0 aliphatic carbocycles. The number of benzene rings is 1. The molecular formula is C13H17NO. The molecule has 1 N–H and O–H groups in total. The Labute approximate surface area is 91.2 Å². The summed E-state index contributed by atoms with van der Waals surface area (Å²) in [6.07, 6.45) is 2.63. The average Bonchev–Trinajstić information content (AvgIpc) is 2.27. The molecule has 0 aromatic heterocycles. The number of rotatable bonds is 5. The molecule has 0 aliphatic rings. The molecule has 2 heteroatoms. The zero-order chi connectivity index (χ0) is 11.1. The first kappa shape index (κ1) is 11.7. The van der Waals surface area contributed by atoms with Gasteiger partial charge in [0.15, 0.2) is 0 Å². The van der Waals surface area contributed by atoms with Crippen molar-refractivity contribution in [2.75, 3.05) is 0 Å². The van der Waals surface area contributed by atoms with Crippen LogP contribution in [0.2, 0.25) is 0 Å². The highest BCUT2D eigenvalue weighted by Crippen LogP contribution is 2.18. The van der Waals surface area contributed by atoms with E-state index in [4.69, 9.17) is 5.26 Å². The van der Waals surface area contributed by atoms with Gasteiger partial charge >= 0.3 is 0 Å². The van der Waals surface area contributed by atoms with Crippen LogP contribution in [0.5, 0.6) is 0 Å². The Kier molecular flexibility index (Phi) is 4.86. The lowest BCUT2D eigenvalue weighted by atomic mass is 10.0. The van der Waals surface area contributed by atoms with Gasteiger partial charge < -0.3 is 5.11 Å². The maximum Gasteiger partial charge on any atom is 0.0799 e. The summed E-state index contributed by atoms with van der Waals surface area (Å²) in [6.45, 7) is 2.15. The van der Waals surface area contributed by atoms with E-state index in [-0.39, 0.29) is 0 Å². The van der Waals surface area contributed by atoms with Crippen molar-refractivity contribution < 1.29 is 5.11 Å². The molecule has 1 aromatic rings. The van der Waals surface area contributed by atoms with E-state index < -0.39 is 6.10 Å². The summed E-state index contributed by atoms with van der Waals surface area (Å²) in [5, 5.41) is 18.1. The molecule has 0 amide bonds. The molecule has 0 bridgehead atoms. The summed E-state index contributed by atoms with van der Waals surface area (Å²) in [7, 11) is 0. The van der Waals surface area contributed by atoms with Crippen molar-refractivity contribution in [3.63, 3.8) is 0 Å². The second kappa shape index (κ2) is 6.21. The monoisotopic (exact) mass is 203 g/mol. The lowest BCUT2D eigenvalue weighted by Crippen LogP contribution is -1.97. The van der Waals surface area contributed by atoms with Gasteiger partial charge in [0.25, 0.3) is 0 Å². The fourth-order valence-electron chi connectivity index (χ4n) is 1.56. The van der Waals surface area contributed by atoms with Crippen LogP contribution >= 0.6 is 0 Å². The molecule has 1 aromatic carbocycles. The summed E-state index contributed by atoms with van der Waals surface area (Å²) < 4.78 is 0. The maximum atomic E-state index is 9.72. The predicted octanol–water partition coefficient (Wildman–Crippen LogP) is 2.98. The highest BCUT2D eigenvalue weighted by Gasteiger charge is 2.06. The van der Waals surface area contributed by atoms with Crippen LogP contribution in [0.1, 0.15) is 43.4 Å². The molecule has 1 atom stereocenters.